The molecule has 0 saturated carbocycles. The molecule has 0 atom stereocenters. The summed E-state index contributed by atoms with van der Waals surface area (Å²) in [5, 5.41) is 0.703. The van der Waals surface area contributed by atoms with Gasteiger partial charge in [-0.15, -0.1) is 0 Å². The molecule has 0 amide bonds. The average molecular weight is 366 g/mol. The molecule has 0 aliphatic rings. The number of hydrogen-bond donors (Lipinski definition) is 0. The maximum absolute atomic E-state index is 11.8. The van der Waals surface area contributed by atoms with Crippen molar-refractivity contribution in [2.75, 3.05) is 13.2 Å². The molecule has 0 N–H and O–H groups in total. The van der Waals surface area contributed by atoms with Crippen molar-refractivity contribution >= 4 is 37.8 Å². The van der Waals surface area contributed by atoms with Crippen LogP contribution in [0.4, 0.5) is 0 Å². The zero-order valence-corrected chi connectivity index (χ0v) is 12.9. The molecule has 0 radical (unpaired) electrons. The Balaban J connectivity index is 3.20. The van der Waals surface area contributed by atoms with Crippen LogP contribution in [-0.2, 0) is 10.1 Å². The van der Waals surface area contributed by atoms with Crippen molar-refractivity contribution in [1.29, 1.82) is 0 Å². The third kappa shape index (κ3) is 3.71. The van der Waals surface area contributed by atoms with Crippen LogP contribution < -0.4 is 4.74 Å². The lowest BCUT2D eigenvalue weighted by Gasteiger charge is -2.12. The number of rotatable bonds is 5. The van der Waals surface area contributed by atoms with E-state index in [0.29, 0.717) is 34.3 Å². The normalized spacial score (nSPS) is 10.1. The number of ether oxygens (including phenoxy) is 2. The topological polar surface area (TPSA) is 35.5 Å². The fourth-order valence-electron chi connectivity index (χ4n) is 1.38. The van der Waals surface area contributed by atoms with Gasteiger partial charge >= 0.3 is 5.97 Å². The molecule has 5 heteroatoms. The van der Waals surface area contributed by atoms with Gasteiger partial charge in [-0.2, -0.15) is 0 Å². The molecule has 0 unspecified atom stereocenters. The van der Waals surface area contributed by atoms with E-state index in [4.69, 9.17) is 9.47 Å². The van der Waals surface area contributed by atoms with Gasteiger partial charge in [0.1, 0.15) is 11.3 Å². The molecule has 0 aliphatic carbocycles. The molecule has 0 aromatic heterocycles. The molecule has 17 heavy (non-hydrogen) atoms. The Kier molecular flexibility index (Phi) is 5.98. The van der Waals surface area contributed by atoms with Crippen LogP contribution in [0, 0.1) is 0 Å². The van der Waals surface area contributed by atoms with E-state index >= 15 is 0 Å². The molecular formula is C12H14Br2O3. The molecule has 1 aromatic rings. The summed E-state index contributed by atoms with van der Waals surface area (Å²) in [5.74, 6) is 0.179. The maximum Gasteiger partial charge on any atom is 0.343 e. The Labute approximate surface area is 118 Å². The van der Waals surface area contributed by atoms with Gasteiger partial charge in [0.25, 0.3) is 0 Å². The maximum atomic E-state index is 11.8. The summed E-state index contributed by atoms with van der Waals surface area (Å²) in [6, 6.07) is 3.72. The first-order valence-electron chi connectivity index (χ1n) is 5.32. The smallest absolute Gasteiger partial charge is 0.343 e. The fraction of sp³-hybridized carbons (Fsp3) is 0.417. The lowest BCUT2D eigenvalue weighted by Crippen LogP contribution is -2.09. The average Bonchev–Trinajstić information content (AvgIpc) is 2.29. The van der Waals surface area contributed by atoms with Gasteiger partial charge in [0, 0.05) is 9.80 Å². The van der Waals surface area contributed by atoms with Crippen LogP contribution in [0.15, 0.2) is 16.6 Å². The second kappa shape index (κ2) is 7.01. The molecule has 0 heterocycles. The van der Waals surface area contributed by atoms with Gasteiger partial charge in [0.05, 0.1) is 13.2 Å². The van der Waals surface area contributed by atoms with Crippen molar-refractivity contribution in [3.8, 4) is 5.75 Å². The molecule has 1 aromatic carbocycles. The quantitative estimate of drug-likeness (QED) is 0.586. The first kappa shape index (κ1) is 14.5. The molecule has 1 rings (SSSR count). The van der Waals surface area contributed by atoms with E-state index < -0.39 is 0 Å². The van der Waals surface area contributed by atoms with Crippen LogP contribution in [0.3, 0.4) is 0 Å². The van der Waals surface area contributed by atoms with Gasteiger partial charge < -0.3 is 9.47 Å². The molecule has 0 spiro atoms. The van der Waals surface area contributed by atoms with Crippen LogP contribution in [-0.4, -0.2) is 19.2 Å². The monoisotopic (exact) mass is 364 g/mol. The van der Waals surface area contributed by atoms with Crippen LogP contribution in [0.1, 0.15) is 29.8 Å². The van der Waals surface area contributed by atoms with Gasteiger partial charge in [0.15, 0.2) is 0 Å². The van der Waals surface area contributed by atoms with Crippen molar-refractivity contribution in [3.05, 3.63) is 27.7 Å². The summed E-state index contributed by atoms with van der Waals surface area (Å²) in [6.07, 6.45) is 0. The van der Waals surface area contributed by atoms with Gasteiger partial charge in [-0.25, -0.2) is 4.79 Å². The number of benzene rings is 1. The predicted octanol–water partition coefficient (Wildman–Crippen LogP) is 3.92. The summed E-state index contributed by atoms with van der Waals surface area (Å²) in [6.45, 7) is 4.50. The number of hydrogen-bond acceptors (Lipinski definition) is 3. The Bertz CT molecular complexity index is 405. The zero-order chi connectivity index (χ0) is 12.8. The van der Waals surface area contributed by atoms with E-state index in [1.165, 1.54) is 0 Å². The third-order valence-electron chi connectivity index (χ3n) is 2.05. The lowest BCUT2D eigenvalue weighted by molar-refractivity contribution is 0.0521. The zero-order valence-electron chi connectivity index (χ0n) is 9.76. The minimum Gasteiger partial charge on any atom is -0.493 e. The fourth-order valence-corrected chi connectivity index (χ4v) is 2.36. The highest BCUT2D eigenvalue weighted by Gasteiger charge is 2.18. The van der Waals surface area contributed by atoms with Crippen molar-refractivity contribution in [2.24, 2.45) is 0 Å². The second-order valence-electron chi connectivity index (χ2n) is 3.24. The Morgan fingerprint density at radius 3 is 2.53 bits per heavy atom. The van der Waals surface area contributed by atoms with Crippen molar-refractivity contribution in [2.45, 2.75) is 19.2 Å². The first-order valence-corrected chi connectivity index (χ1v) is 7.23. The number of esters is 1. The van der Waals surface area contributed by atoms with Gasteiger partial charge in [-0.3, -0.25) is 0 Å². The van der Waals surface area contributed by atoms with E-state index in [0.717, 1.165) is 5.56 Å². The van der Waals surface area contributed by atoms with Crippen molar-refractivity contribution in [1.82, 2.24) is 0 Å². The van der Waals surface area contributed by atoms with E-state index in [1.807, 2.05) is 19.1 Å². The van der Waals surface area contributed by atoms with E-state index in [-0.39, 0.29) is 5.97 Å². The summed E-state index contributed by atoms with van der Waals surface area (Å²) in [7, 11) is 0. The van der Waals surface area contributed by atoms with Gasteiger partial charge in [-0.1, -0.05) is 15.9 Å². The number of carbonyl (C=O) groups excluding carboxylic acids is 1. The van der Waals surface area contributed by atoms with Crippen LogP contribution in [0.5, 0.6) is 5.75 Å². The largest absolute Gasteiger partial charge is 0.493 e. The Morgan fingerprint density at radius 2 is 2.00 bits per heavy atom. The van der Waals surface area contributed by atoms with Crippen molar-refractivity contribution in [3.63, 3.8) is 0 Å². The van der Waals surface area contributed by atoms with E-state index in [9.17, 15) is 4.79 Å². The number of carbonyl (C=O) groups is 1. The molecule has 0 aliphatic heterocycles. The summed E-state index contributed by atoms with van der Waals surface area (Å²) >= 11 is 6.75. The molecular weight excluding hydrogens is 352 g/mol. The molecule has 94 valence electrons. The van der Waals surface area contributed by atoms with Crippen LogP contribution in [0.2, 0.25) is 0 Å². The summed E-state index contributed by atoms with van der Waals surface area (Å²) in [5.41, 5.74) is 1.48. The minimum absolute atomic E-state index is 0.344. The third-order valence-corrected chi connectivity index (χ3v) is 3.32. The summed E-state index contributed by atoms with van der Waals surface area (Å²) in [4.78, 5) is 11.8. The minimum atomic E-state index is -0.371. The first-order chi connectivity index (χ1) is 8.13. The molecule has 0 saturated heterocycles. The predicted molar refractivity (Wildman–Crippen MR) is 73.9 cm³/mol. The van der Waals surface area contributed by atoms with Crippen molar-refractivity contribution < 1.29 is 14.3 Å². The van der Waals surface area contributed by atoms with Crippen LogP contribution >= 0.6 is 31.9 Å². The Hall–Kier alpha value is -0.550. The highest BCUT2D eigenvalue weighted by atomic mass is 79.9. The number of halogens is 2. The lowest BCUT2D eigenvalue weighted by atomic mass is 10.1. The highest BCUT2D eigenvalue weighted by Crippen LogP contribution is 2.30. The summed E-state index contributed by atoms with van der Waals surface area (Å²) < 4.78 is 11.2. The SMILES string of the molecule is CCOC(=O)c1c(Br)cc(CBr)cc1OCC. The number of alkyl halides is 1. The molecule has 3 nitrogen and oxygen atoms in total. The van der Waals surface area contributed by atoms with Gasteiger partial charge in [-0.05, 0) is 47.5 Å². The molecule has 0 bridgehead atoms. The standard InChI is InChI=1S/C12H14Br2O3/c1-3-16-10-6-8(7-13)5-9(14)11(10)12(15)17-4-2/h5-6H,3-4,7H2,1-2H3. The molecule has 0 fully saturated rings. The van der Waals surface area contributed by atoms with Gasteiger partial charge in [0.2, 0.25) is 0 Å². The highest BCUT2D eigenvalue weighted by molar-refractivity contribution is 9.10. The van der Waals surface area contributed by atoms with Crippen LogP contribution in [0.25, 0.3) is 0 Å². The second-order valence-corrected chi connectivity index (χ2v) is 4.65. The Morgan fingerprint density at radius 1 is 1.29 bits per heavy atom. The van der Waals surface area contributed by atoms with E-state index in [1.54, 1.807) is 6.92 Å². The van der Waals surface area contributed by atoms with E-state index in [2.05, 4.69) is 31.9 Å².